The molecule has 0 atom stereocenters. The summed E-state index contributed by atoms with van der Waals surface area (Å²) in [6.45, 7) is 8.83. The molecule has 4 heterocycles. The first kappa shape index (κ1) is 38.5. The zero-order valence-corrected chi connectivity index (χ0v) is 36.6. The fourth-order valence-electron chi connectivity index (χ4n) is 7.61. The third-order valence-electron chi connectivity index (χ3n) is 10.5. The molecule has 59 heavy (non-hydrogen) atoms. The molecule has 292 valence electrons. The van der Waals surface area contributed by atoms with Crippen molar-refractivity contribution in [3.8, 4) is 33.8 Å². The largest absolute Gasteiger partial charge is 0 e. The molecule has 0 spiro atoms. The summed E-state index contributed by atoms with van der Waals surface area (Å²) in [6.07, 6.45) is 5.69. The standard InChI is InChI=1S/C51H38N5OSe.Pt/c1-51(2,3)37-26-29-53-49(30-37)56-45-32-40(24-25-47(45)58-48-27-28-52-33-46(48)56)57-39-19-12-18-38(31-39)54-34-55(44-23-11-10-22-43(44)54)50-41(35-14-6-4-7-15-35)20-13-21-42(50)36-16-8-5-9-17-36;/h4-30,33-34H,1-3H3;/q-3;. The van der Waals surface area contributed by atoms with Crippen LogP contribution in [0.4, 0.5) is 39.9 Å². The van der Waals surface area contributed by atoms with E-state index in [4.69, 9.17) is 9.72 Å². The van der Waals surface area contributed by atoms with Crippen LogP contribution in [0.5, 0.6) is 11.5 Å². The van der Waals surface area contributed by atoms with Crippen LogP contribution >= 0.6 is 0 Å². The molecule has 2 aliphatic rings. The molecule has 8 aromatic rings. The summed E-state index contributed by atoms with van der Waals surface area (Å²) < 4.78 is 9.08. The summed E-state index contributed by atoms with van der Waals surface area (Å²) in [5.41, 5.74) is 11.8. The number of hydrogen-bond donors (Lipinski definition) is 0. The van der Waals surface area contributed by atoms with Crippen molar-refractivity contribution in [1.29, 1.82) is 0 Å². The molecular weight excluding hydrogens is 973 g/mol. The number of hydrogen-bond acceptors (Lipinski definition) is 6. The zero-order chi connectivity index (χ0) is 39.2. The van der Waals surface area contributed by atoms with E-state index >= 15 is 0 Å². The van der Waals surface area contributed by atoms with Gasteiger partial charge in [-0.25, -0.2) is 0 Å². The summed E-state index contributed by atoms with van der Waals surface area (Å²) in [4.78, 5) is 16.1. The average molecular weight is 1010 g/mol. The van der Waals surface area contributed by atoms with E-state index in [0.29, 0.717) is 11.5 Å². The minimum Gasteiger partial charge on any atom is 0 e. The zero-order valence-electron chi connectivity index (χ0n) is 32.6. The van der Waals surface area contributed by atoms with Gasteiger partial charge in [0.25, 0.3) is 0 Å². The molecule has 2 aromatic heterocycles. The van der Waals surface area contributed by atoms with Crippen LogP contribution in [-0.4, -0.2) is 24.9 Å². The van der Waals surface area contributed by atoms with Crippen molar-refractivity contribution in [2.24, 2.45) is 0 Å². The van der Waals surface area contributed by atoms with Gasteiger partial charge in [-0.15, -0.1) is 0 Å². The normalized spacial score (nSPS) is 13.0. The Hall–Kier alpha value is -5.97. The van der Waals surface area contributed by atoms with Gasteiger partial charge < -0.3 is 0 Å². The Morgan fingerprint density at radius 1 is 0.610 bits per heavy atom. The molecular formula is C51H38N5OPtSe-3. The molecule has 0 bridgehead atoms. The fourth-order valence-corrected chi connectivity index (χ4v) is 9.69. The molecule has 10 rings (SSSR count). The van der Waals surface area contributed by atoms with Gasteiger partial charge in [0.2, 0.25) is 0 Å². The van der Waals surface area contributed by atoms with Crippen LogP contribution in [0.3, 0.4) is 0 Å². The summed E-state index contributed by atoms with van der Waals surface area (Å²) in [5.74, 6) is 2.02. The Labute approximate surface area is 366 Å². The van der Waals surface area contributed by atoms with Gasteiger partial charge in [-0.1, -0.05) is 84.9 Å². The number of ether oxygens (including phenoxy) is 1. The maximum absolute atomic E-state index is 6.63. The van der Waals surface area contributed by atoms with Crippen LogP contribution in [0.15, 0.2) is 170 Å². The third-order valence-corrected chi connectivity index (χ3v) is 12.8. The molecule has 0 saturated carbocycles. The number of anilines is 7. The minimum absolute atomic E-state index is 0. The summed E-state index contributed by atoms with van der Waals surface area (Å²) >= 11 is 0.0666. The molecule has 0 N–H and O–H groups in total. The van der Waals surface area contributed by atoms with Crippen molar-refractivity contribution in [2.75, 3.05) is 14.7 Å². The van der Waals surface area contributed by atoms with Crippen LogP contribution < -0.4 is 28.4 Å². The first-order valence-electron chi connectivity index (χ1n) is 19.3. The van der Waals surface area contributed by atoms with Crippen molar-refractivity contribution >= 4 is 63.8 Å². The minimum atomic E-state index is -0.0344. The van der Waals surface area contributed by atoms with Gasteiger partial charge in [0.15, 0.2) is 0 Å². The second-order valence-electron chi connectivity index (χ2n) is 15.2. The van der Waals surface area contributed by atoms with Crippen LogP contribution in [0.2, 0.25) is 0 Å². The average Bonchev–Trinajstić information content (AvgIpc) is 3.65. The van der Waals surface area contributed by atoms with E-state index in [1.54, 1.807) is 0 Å². The molecule has 8 heteroatoms. The van der Waals surface area contributed by atoms with Gasteiger partial charge in [0.1, 0.15) is 0 Å². The fraction of sp³-hybridized carbons (Fsp3) is 0.0784. The Morgan fingerprint density at radius 3 is 1.98 bits per heavy atom. The van der Waals surface area contributed by atoms with Crippen LogP contribution in [0.25, 0.3) is 22.3 Å². The van der Waals surface area contributed by atoms with Gasteiger partial charge in [-0.2, -0.15) is 0 Å². The SMILES string of the molecule is CC(C)(C)c1ccnc(N2c3[c-]c(Oc4[c-]c(N5[CH-]N(c6c(-c7ccccc7)cccc6-c6ccccc6)c6ccccc65)ccc4)ccc3[Se]c3ccncc32)c1.[Pt]. The number of fused-ring (bicyclic) bond motifs is 3. The van der Waals surface area contributed by atoms with Crippen molar-refractivity contribution in [2.45, 2.75) is 26.2 Å². The Balaban J connectivity index is 0.00000449. The van der Waals surface area contributed by atoms with Gasteiger partial charge >= 0.3 is 241 Å². The van der Waals surface area contributed by atoms with Gasteiger partial charge in [-0.05, 0) is 11.1 Å². The van der Waals surface area contributed by atoms with Crippen molar-refractivity contribution in [1.82, 2.24) is 9.97 Å². The number of pyridine rings is 2. The maximum Gasteiger partial charge on any atom is 0 e. The first-order chi connectivity index (χ1) is 28.4. The molecule has 2 aliphatic heterocycles. The van der Waals surface area contributed by atoms with Gasteiger partial charge in [0, 0.05) is 32.2 Å². The number of nitrogens with zero attached hydrogens (tertiary/aromatic N) is 5. The second-order valence-corrected chi connectivity index (χ2v) is 17.5. The van der Waals surface area contributed by atoms with E-state index in [1.165, 1.54) is 14.5 Å². The Kier molecular flexibility index (Phi) is 10.4. The summed E-state index contributed by atoms with van der Waals surface area (Å²) in [6, 6.07) is 60.1. The topological polar surface area (TPSA) is 44.7 Å². The van der Waals surface area contributed by atoms with Gasteiger partial charge in [0.05, 0.1) is 0 Å². The predicted molar refractivity (Wildman–Crippen MR) is 237 cm³/mol. The summed E-state index contributed by atoms with van der Waals surface area (Å²) in [5, 5.41) is 0. The molecule has 0 amide bonds. The quantitative estimate of drug-likeness (QED) is 0.117. The number of rotatable bonds is 7. The van der Waals surface area contributed by atoms with Crippen LogP contribution in [0, 0.1) is 18.8 Å². The number of benzene rings is 6. The molecule has 0 saturated heterocycles. The van der Waals surface area contributed by atoms with Crippen LogP contribution in [-0.2, 0) is 26.5 Å². The smallest absolute Gasteiger partial charge is 0 e. The summed E-state index contributed by atoms with van der Waals surface area (Å²) in [7, 11) is 0. The van der Waals surface area contributed by atoms with E-state index < -0.39 is 0 Å². The Morgan fingerprint density at radius 2 is 1.27 bits per heavy atom. The molecule has 6 nitrogen and oxygen atoms in total. The monoisotopic (exact) mass is 1010 g/mol. The molecule has 0 aliphatic carbocycles. The Bertz CT molecular complexity index is 2730. The number of aromatic nitrogens is 2. The second kappa shape index (κ2) is 16.0. The van der Waals surface area contributed by atoms with E-state index in [-0.39, 0.29) is 41.4 Å². The van der Waals surface area contributed by atoms with E-state index in [0.717, 1.165) is 62.2 Å². The molecule has 0 radical (unpaired) electrons. The van der Waals surface area contributed by atoms with Crippen molar-refractivity contribution < 1.29 is 25.8 Å². The van der Waals surface area contributed by atoms with E-state index in [9.17, 15) is 0 Å². The van der Waals surface area contributed by atoms with E-state index in [1.807, 2.05) is 36.8 Å². The van der Waals surface area contributed by atoms with E-state index in [2.05, 4.69) is 193 Å². The maximum atomic E-state index is 6.63. The number of para-hydroxylation sites is 3. The molecule has 0 unspecified atom stereocenters. The first-order valence-corrected chi connectivity index (χ1v) is 21.0. The van der Waals surface area contributed by atoms with Gasteiger partial charge in [-0.3, -0.25) is 0 Å². The van der Waals surface area contributed by atoms with Crippen LogP contribution in [0.1, 0.15) is 26.3 Å². The van der Waals surface area contributed by atoms with Crippen molar-refractivity contribution in [3.05, 3.63) is 195 Å². The van der Waals surface area contributed by atoms with Crippen molar-refractivity contribution in [3.63, 3.8) is 0 Å². The third kappa shape index (κ3) is 7.36. The predicted octanol–water partition coefficient (Wildman–Crippen LogP) is 11.3. The molecule has 6 aromatic carbocycles. The molecule has 0 fully saturated rings.